The van der Waals surface area contributed by atoms with Crippen molar-refractivity contribution in [1.82, 2.24) is 0 Å². The van der Waals surface area contributed by atoms with Crippen molar-refractivity contribution in [1.29, 1.82) is 0 Å². The molecule has 25 heavy (non-hydrogen) atoms. The van der Waals surface area contributed by atoms with Crippen LogP contribution in [-0.2, 0) is 23.8 Å². The summed E-state index contributed by atoms with van der Waals surface area (Å²) >= 11 is 0. The smallest absolute Gasteiger partial charge is 0.334 e. The second-order valence-electron chi connectivity index (χ2n) is 7.46. The molecular formula is C19H24O6. The maximum absolute atomic E-state index is 12.1. The molecule has 1 N–H and O–H groups in total. The summed E-state index contributed by atoms with van der Waals surface area (Å²) in [7, 11) is 0. The van der Waals surface area contributed by atoms with Gasteiger partial charge in [-0.2, -0.15) is 0 Å². The average Bonchev–Trinajstić information content (AvgIpc) is 2.95. The lowest BCUT2D eigenvalue weighted by atomic mass is 9.81. The number of rotatable bonds is 2. The van der Waals surface area contributed by atoms with E-state index in [1.807, 2.05) is 13.8 Å². The van der Waals surface area contributed by atoms with Crippen molar-refractivity contribution in [3.63, 3.8) is 0 Å². The quantitative estimate of drug-likeness (QED) is 0.467. The molecule has 0 amide bonds. The lowest BCUT2D eigenvalue weighted by Crippen LogP contribution is -2.41. The molecule has 6 unspecified atom stereocenters. The SMILES string of the molecule is C=C(C)C(=O)OC1CC(C)CC2(O)C=C(C)C(O2)C2OC(=O)C(=C)C12. The zero-order chi connectivity index (χ0) is 18.5. The molecule has 3 rings (SSSR count). The first-order chi connectivity index (χ1) is 11.6. The Balaban J connectivity index is 2.00. The predicted molar refractivity (Wildman–Crippen MR) is 89.2 cm³/mol. The van der Waals surface area contributed by atoms with Gasteiger partial charge in [-0.3, -0.25) is 0 Å². The third-order valence-electron chi connectivity index (χ3n) is 5.08. The maximum atomic E-state index is 12.1. The second-order valence-corrected chi connectivity index (χ2v) is 7.46. The normalized spacial score (nSPS) is 40.3. The van der Waals surface area contributed by atoms with E-state index in [4.69, 9.17) is 14.2 Å². The largest absolute Gasteiger partial charge is 0.458 e. The van der Waals surface area contributed by atoms with Crippen molar-refractivity contribution < 1.29 is 28.9 Å². The minimum atomic E-state index is -1.40. The van der Waals surface area contributed by atoms with E-state index in [9.17, 15) is 14.7 Å². The summed E-state index contributed by atoms with van der Waals surface area (Å²) < 4.78 is 17.0. The van der Waals surface area contributed by atoms with Crippen LogP contribution in [0.1, 0.15) is 33.6 Å². The van der Waals surface area contributed by atoms with Crippen LogP contribution in [0.15, 0.2) is 36.0 Å². The van der Waals surface area contributed by atoms with Gasteiger partial charge in [0.2, 0.25) is 0 Å². The number of carbonyl (C=O) groups is 2. The highest BCUT2D eigenvalue weighted by Gasteiger charge is 2.54. The van der Waals surface area contributed by atoms with Gasteiger partial charge >= 0.3 is 11.9 Å². The van der Waals surface area contributed by atoms with Gasteiger partial charge in [-0.05, 0) is 37.8 Å². The van der Waals surface area contributed by atoms with Crippen molar-refractivity contribution in [3.8, 4) is 0 Å². The van der Waals surface area contributed by atoms with Gasteiger partial charge in [-0.15, -0.1) is 0 Å². The molecular weight excluding hydrogens is 324 g/mol. The maximum Gasteiger partial charge on any atom is 0.334 e. The van der Waals surface area contributed by atoms with Crippen LogP contribution in [0.4, 0.5) is 0 Å². The van der Waals surface area contributed by atoms with Crippen molar-refractivity contribution >= 4 is 11.9 Å². The highest BCUT2D eigenvalue weighted by Crippen LogP contribution is 2.45. The van der Waals surface area contributed by atoms with E-state index in [1.165, 1.54) is 0 Å². The molecule has 0 aliphatic carbocycles. The number of esters is 2. The molecule has 2 saturated heterocycles. The van der Waals surface area contributed by atoms with Gasteiger partial charge in [-0.25, -0.2) is 9.59 Å². The Morgan fingerprint density at radius 3 is 2.80 bits per heavy atom. The first kappa shape index (κ1) is 17.9. The van der Waals surface area contributed by atoms with Gasteiger partial charge in [0.15, 0.2) is 5.79 Å². The molecule has 6 atom stereocenters. The standard InChI is InChI=1S/C19H24O6/c1-9(2)17(20)23-13-6-10(3)7-19(22)8-11(4)15(25-19)16-14(13)12(5)18(21)24-16/h8,10,13-16,22H,1,5-7H2,2-4H3. The fraction of sp³-hybridized carbons (Fsp3) is 0.579. The topological polar surface area (TPSA) is 82.1 Å². The third-order valence-corrected chi connectivity index (χ3v) is 5.08. The Labute approximate surface area is 147 Å². The van der Waals surface area contributed by atoms with Gasteiger partial charge in [0.05, 0.1) is 5.92 Å². The number of carbonyl (C=O) groups excluding carboxylic acids is 2. The first-order valence-electron chi connectivity index (χ1n) is 8.47. The van der Waals surface area contributed by atoms with E-state index in [1.54, 1.807) is 13.0 Å². The van der Waals surface area contributed by atoms with Gasteiger partial charge in [0.1, 0.15) is 18.3 Å². The molecule has 0 radical (unpaired) electrons. The number of ether oxygens (including phenoxy) is 3. The zero-order valence-corrected chi connectivity index (χ0v) is 14.8. The van der Waals surface area contributed by atoms with Gasteiger partial charge in [0.25, 0.3) is 0 Å². The number of aliphatic hydroxyl groups is 1. The Morgan fingerprint density at radius 2 is 2.16 bits per heavy atom. The van der Waals surface area contributed by atoms with E-state index >= 15 is 0 Å². The fourth-order valence-corrected chi connectivity index (χ4v) is 4.00. The van der Waals surface area contributed by atoms with Crippen molar-refractivity contribution in [2.24, 2.45) is 11.8 Å². The molecule has 0 spiro atoms. The third kappa shape index (κ3) is 3.16. The monoisotopic (exact) mass is 348 g/mol. The van der Waals surface area contributed by atoms with E-state index in [0.29, 0.717) is 12.8 Å². The molecule has 0 aromatic carbocycles. The van der Waals surface area contributed by atoms with Crippen LogP contribution in [0, 0.1) is 11.8 Å². The Kier molecular flexibility index (Phi) is 4.37. The first-order valence-corrected chi connectivity index (χ1v) is 8.47. The zero-order valence-electron chi connectivity index (χ0n) is 14.8. The number of hydrogen-bond donors (Lipinski definition) is 1. The minimum Gasteiger partial charge on any atom is -0.458 e. The fourth-order valence-electron chi connectivity index (χ4n) is 4.00. The van der Waals surface area contributed by atoms with Gasteiger partial charge in [0, 0.05) is 17.6 Å². The molecule has 3 aliphatic heterocycles. The molecule has 0 aromatic rings. The van der Waals surface area contributed by atoms with Crippen molar-refractivity contribution in [2.45, 2.75) is 57.7 Å². The summed E-state index contributed by atoms with van der Waals surface area (Å²) in [4.78, 5) is 24.2. The summed E-state index contributed by atoms with van der Waals surface area (Å²) in [6.07, 6.45) is 0.638. The second kappa shape index (κ2) is 6.11. The van der Waals surface area contributed by atoms with E-state index in [-0.39, 0.29) is 17.1 Å². The molecule has 0 aromatic heterocycles. The molecule has 6 heteroatoms. The van der Waals surface area contributed by atoms with Crippen LogP contribution in [0.3, 0.4) is 0 Å². The summed E-state index contributed by atoms with van der Waals surface area (Å²) in [5.74, 6) is -2.97. The van der Waals surface area contributed by atoms with Crippen molar-refractivity contribution in [3.05, 3.63) is 36.0 Å². The Hall–Kier alpha value is -1.92. The number of fused-ring (bicyclic) bond motifs is 4. The number of hydrogen-bond acceptors (Lipinski definition) is 6. The van der Waals surface area contributed by atoms with Crippen LogP contribution >= 0.6 is 0 Å². The molecule has 136 valence electrons. The summed E-state index contributed by atoms with van der Waals surface area (Å²) in [5, 5.41) is 10.7. The molecule has 2 fully saturated rings. The molecule has 0 saturated carbocycles. The Morgan fingerprint density at radius 1 is 1.48 bits per heavy atom. The Bertz CT molecular complexity index is 677. The van der Waals surface area contributed by atoms with E-state index in [2.05, 4.69) is 13.2 Å². The molecule has 3 aliphatic rings. The molecule has 2 bridgehead atoms. The highest BCUT2D eigenvalue weighted by molar-refractivity contribution is 5.91. The minimum absolute atomic E-state index is 0.0158. The van der Waals surface area contributed by atoms with Crippen LogP contribution in [0.2, 0.25) is 0 Å². The van der Waals surface area contributed by atoms with Gasteiger partial charge < -0.3 is 19.3 Å². The lowest BCUT2D eigenvalue weighted by Gasteiger charge is -2.30. The van der Waals surface area contributed by atoms with Crippen LogP contribution in [0.25, 0.3) is 0 Å². The average molecular weight is 348 g/mol. The van der Waals surface area contributed by atoms with Crippen molar-refractivity contribution in [2.75, 3.05) is 0 Å². The highest BCUT2D eigenvalue weighted by atomic mass is 16.7. The molecule has 3 heterocycles. The van der Waals surface area contributed by atoms with Gasteiger partial charge in [-0.1, -0.05) is 20.1 Å². The van der Waals surface area contributed by atoms with Crippen LogP contribution in [-0.4, -0.2) is 41.1 Å². The predicted octanol–water partition coefficient (Wildman–Crippen LogP) is 2.04. The van der Waals surface area contributed by atoms with Crippen LogP contribution in [0.5, 0.6) is 0 Å². The summed E-state index contributed by atoms with van der Waals surface area (Å²) in [5.41, 5.74) is 1.34. The lowest BCUT2D eigenvalue weighted by molar-refractivity contribution is -0.203. The van der Waals surface area contributed by atoms with E-state index < -0.39 is 42.0 Å². The summed E-state index contributed by atoms with van der Waals surface area (Å²) in [6.45, 7) is 12.8. The van der Waals surface area contributed by atoms with E-state index in [0.717, 1.165) is 5.57 Å². The molecule has 6 nitrogen and oxygen atoms in total. The van der Waals surface area contributed by atoms with Crippen LogP contribution < -0.4 is 0 Å². The summed E-state index contributed by atoms with van der Waals surface area (Å²) in [6, 6.07) is 0.